The number of rotatable bonds is 6. The minimum atomic E-state index is -0.378. The Balaban J connectivity index is 2.12. The number of hydrogen-bond acceptors (Lipinski definition) is 4. The molecule has 0 aromatic heterocycles. The number of aryl methyl sites for hydroxylation is 1. The molecule has 0 spiro atoms. The normalized spacial score (nSPS) is 14.0. The van der Waals surface area contributed by atoms with Crippen molar-refractivity contribution in [2.75, 3.05) is 19.0 Å². The predicted octanol–water partition coefficient (Wildman–Crippen LogP) is 3.38. The van der Waals surface area contributed by atoms with E-state index in [0.29, 0.717) is 16.9 Å². The third-order valence-electron chi connectivity index (χ3n) is 4.18. The van der Waals surface area contributed by atoms with E-state index in [4.69, 9.17) is 4.74 Å². The van der Waals surface area contributed by atoms with Gasteiger partial charge in [-0.05, 0) is 25.1 Å². The first kappa shape index (κ1) is 17.5. The van der Waals surface area contributed by atoms with E-state index in [-0.39, 0.29) is 24.1 Å². The van der Waals surface area contributed by atoms with Gasteiger partial charge in [0.05, 0.1) is 12.7 Å². The molecule has 0 aliphatic carbocycles. The molecule has 26 heavy (non-hydrogen) atoms. The van der Waals surface area contributed by atoms with E-state index in [0.717, 1.165) is 11.3 Å². The van der Waals surface area contributed by atoms with Crippen molar-refractivity contribution in [1.29, 1.82) is 0 Å². The number of carbonyl (C=O) groups is 2. The predicted molar refractivity (Wildman–Crippen MR) is 102 cm³/mol. The van der Waals surface area contributed by atoms with E-state index in [2.05, 4.69) is 11.9 Å². The molecule has 5 nitrogen and oxygen atoms in total. The summed E-state index contributed by atoms with van der Waals surface area (Å²) in [6.45, 7) is 5.77. The van der Waals surface area contributed by atoms with Crippen molar-refractivity contribution in [2.24, 2.45) is 0 Å². The van der Waals surface area contributed by atoms with E-state index in [1.54, 1.807) is 12.1 Å². The molecule has 2 amide bonds. The van der Waals surface area contributed by atoms with Crippen molar-refractivity contribution in [3.8, 4) is 5.75 Å². The van der Waals surface area contributed by atoms with E-state index < -0.39 is 0 Å². The molecule has 0 atom stereocenters. The summed E-state index contributed by atoms with van der Waals surface area (Å²) < 4.78 is 5.39. The minimum Gasteiger partial charge on any atom is -0.496 e. The van der Waals surface area contributed by atoms with E-state index in [1.807, 2.05) is 43.3 Å². The first-order valence-electron chi connectivity index (χ1n) is 8.25. The Morgan fingerprint density at radius 3 is 2.42 bits per heavy atom. The van der Waals surface area contributed by atoms with E-state index >= 15 is 0 Å². The van der Waals surface area contributed by atoms with Gasteiger partial charge in [-0.1, -0.05) is 42.0 Å². The fourth-order valence-electron chi connectivity index (χ4n) is 2.87. The zero-order valence-electron chi connectivity index (χ0n) is 14.8. The van der Waals surface area contributed by atoms with Gasteiger partial charge in [0.1, 0.15) is 11.4 Å². The Morgan fingerprint density at radius 2 is 1.77 bits per heavy atom. The number of methoxy groups -OCH3 is 1. The van der Waals surface area contributed by atoms with Gasteiger partial charge in [-0.3, -0.25) is 14.5 Å². The summed E-state index contributed by atoms with van der Waals surface area (Å²) in [7, 11) is 1.54. The van der Waals surface area contributed by atoms with Crippen LogP contribution in [-0.4, -0.2) is 30.4 Å². The Morgan fingerprint density at radius 1 is 1.08 bits per heavy atom. The van der Waals surface area contributed by atoms with Crippen LogP contribution in [0, 0.1) is 6.92 Å². The highest BCUT2D eigenvalue weighted by Crippen LogP contribution is 2.35. The molecule has 3 rings (SSSR count). The molecule has 5 heteroatoms. The molecule has 1 aliphatic heterocycles. The van der Waals surface area contributed by atoms with Crippen molar-refractivity contribution in [1.82, 2.24) is 4.90 Å². The summed E-state index contributed by atoms with van der Waals surface area (Å²) in [6, 6.07) is 14.8. The van der Waals surface area contributed by atoms with Crippen LogP contribution in [0.1, 0.15) is 11.1 Å². The molecule has 2 aromatic rings. The molecule has 132 valence electrons. The Kier molecular flexibility index (Phi) is 4.89. The molecular weight excluding hydrogens is 328 g/mol. The maximum absolute atomic E-state index is 12.9. The highest BCUT2D eigenvalue weighted by atomic mass is 16.5. The lowest BCUT2D eigenvalue weighted by Crippen LogP contribution is -2.32. The second-order valence-corrected chi connectivity index (χ2v) is 5.95. The fourth-order valence-corrected chi connectivity index (χ4v) is 2.87. The molecule has 0 fully saturated rings. The van der Waals surface area contributed by atoms with Crippen molar-refractivity contribution in [2.45, 2.75) is 6.92 Å². The monoisotopic (exact) mass is 348 g/mol. The quantitative estimate of drug-likeness (QED) is 0.642. The highest BCUT2D eigenvalue weighted by Gasteiger charge is 2.39. The SMILES string of the molecule is C=CCN1C(=O)C(Nc2ccc(C)cc2)=C(c2ccccc2OC)C1=O. The standard InChI is InChI=1S/C21H20N2O3/c1-4-13-23-20(24)18(16-7-5-6-8-17(16)26-3)19(21(23)25)22-15-11-9-14(2)10-12-15/h4-12,22H,1,13H2,2-3H3. The molecule has 0 radical (unpaired) electrons. The van der Waals surface area contributed by atoms with Crippen LogP contribution in [0.4, 0.5) is 5.69 Å². The first-order chi connectivity index (χ1) is 12.6. The number of para-hydroxylation sites is 1. The van der Waals surface area contributed by atoms with Crippen LogP contribution in [0.15, 0.2) is 66.9 Å². The van der Waals surface area contributed by atoms with Crippen LogP contribution in [0.5, 0.6) is 5.75 Å². The second-order valence-electron chi connectivity index (χ2n) is 5.95. The van der Waals surface area contributed by atoms with Crippen LogP contribution in [0.25, 0.3) is 5.57 Å². The fraction of sp³-hybridized carbons (Fsp3) is 0.143. The Bertz CT molecular complexity index is 898. The molecule has 1 heterocycles. The van der Waals surface area contributed by atoms with E-state index in [9.17, 15) is 9.59 Å². The third-order valence-corrected chi connectivity index (χ3v) is 4.18. The van der Waals surface area contributed by atoms with Gasteiger partial charge in [0, 0.05) is 17.8 Å². The number of nitrogens with zero attached hydrogens (tertiary/aromatic N) is 1. The van der Waals surface area contributed by atoms with Gasteiger partial charge >= 0.3 is 0 Å². The molecule has 1 aliphatic rings. The Hall–Kier alpha value is -3.34. The summed E-state index contributed by atoms with van der Waals surface area (Å²) in [6.07, 6.45) is 1.53. The maximum atomic E-state index is 12.9. The molecule has 2 aromatic carbocycles. The molecule has 0 unspecified atom stereocenters. The number of ether oxygens (including phenoxy) is 1. The number of amides is 2. The summed E-state index contributed by atoms with van der Waals surface area (Å²) in [5.41, 5.74) is 2.96. The van der Waals surface area contributed by atoms with Crippen LogP contribution in [0.3, 0.4) is 0 Å². The summed E-state index contributed by atoms with van der Waals surface area (Å²) in [5.74, 6) is -0.210. The zero-order valence-corrected chi connectivity index (χ0v) is 14.8. The van der Waals surface area contributed by atoms with Crippen LogP contribution in [0.2, 0.25) is 0 Å². The molecule has 0 saturated carbocycles. The molecule has 0 saturated heterocycles. The van der Waals surface area contributed by atoms with Crippen molar-refractivity contribution in [3.63, 3.8) is 0 Å². The topological polar surface area (TPSA) is 58.6 Å². The summed E-state index contributed by atoms with van der Waals surface area (Å²) >= 11 is 0. The van der Waals surface area contributed by atoms with Crippen molar-refractivity contribution >= 4 is 23.1 Å². The van der Waals surface area contributed by atoms with E-state index in [1.165, 1.54) is 18.1 Å². The minimum absolute atomic E-state index is 0.148. The van der Waals surface area contributed by atoms with Crippen LogP contribution >= 0.6 is 0 Å². The van der Waals surface area contributed by atoms with Gasteiger partial charge in [-0.25, -0.2) is 0 Å². The molecule has 0 bridgehead atoms. The molecular formula is C21H20N2O3. The number of hydrogen-bond donors (Lipinski definition) is 1. The zero-order chi connectivity index (χ0) is 18.7. The smallest absolute Gasteiger partial charge is 0.278 e. The maximum Gasteiger partial charge on any atom is 0.278 e. The average molecular weight is 348 g/mol. The lowest BCUT2D eigenvalue weighted by molar-refractivity contribution is -0.136. The summed E-state index contributed by atoms with van der Waals surface area (Å²) in [5, 5.41) is 3.11. The third kappa shape index (κ3) is 3.11. The number of imide groups is 1. The van der Waals surface area contributed by atoms with Gasteiger partial charge in [-0.15, -0.1) is 6.58 Å². The Labute approximate surface area is 152 Å². The number of carbonyl (C=O) groups excluding carboxylic acids is 2. The molecule has 1 N–H and O–H groups in total. The first-order valence-corrected chi connectivity index (χ1v) is 8.25. The van der Waals surface area contributed by atoms with Crippen molar-refractivity contribution < 1.29 is 14.3 Å². The van der Waals surface area contributed by atoms with Gasteiger partial charge < -0.3 is 10.1 Å². The van der Waals surface area contributed by atoms with Gasteiger partial charge in [-0.2, -0.15) is 0 Å². The van der Waals surface area contributed by atoms with Crippen LogP contribution < -0.4 is 10.1 Å². The average Bonchev–Trinajstić information content (AvgIpc) is 2.88. The van der Waals surface area contributed by atoms with Gasteiger partial charge in [0.2, 0.25) is 0 Å². The number of benzene rings is 2. The van der Waals surface area contributed by atoms with Gasteiger partial charge in [0.15, 0.2) is 0 Å². The highest BCUT2D eigenvalue weighted by molar-refractivity contribution is 6.37. The number of anilines is 1. The summed E-state index contributed by atoms with van der Waals surface area (Å²) in [4.78, 5) is 27.0. The second kappa shape index (κ2) is 7.27. The van der Waals surface area contributed by atoms with Gasteiger partial charge in [0.25, 0.3) is 11.8 Å². The lowest BCUT2D eigenvalue weighted by Gasteiger charge is -2.12. The lowest BCUT2D eigenvalue weighted by atomic mass is 10.0. The largest absolute Gasteiger partial charge is 0.496 e. The van der Waals surface area contributed by atoms with Crippen molar-refractivity contribution in [3.05, 3.63) is 78.0 Å². The van der Waals surface area contributed by atoms with Crippen LogP contribution in [-0.2, 0) is 9.59 Å². The number of nitrogens with one attached hydrogen (secondary N) is 1.